The SMILES string of the molecule is Cc1ccc(Sc2c(C)nn(C(=O)COc3ccc(C)cc3C)c2C)cc1. The van der Waals surface area contributed by atoms with Gasteiger partial charge >= 0.3 is 0 Å². The molecule has 0 bridgehead atoms. The molecule has 5 heteroatoms. The molecule has 140 valence electrons. The molecule has 0 atom stereocenters. The van der Waals surface area contributed by atoms with Crippen molar-refractivity contribution in [3.8, 4) is 5.75 Å². The minimum Gasteiger partial charge on any atom is -0.483 e. The second-order valence-corrected chi connectivity index (χ2v) is 7.86. The van der Waals surface area contributed by atoms with Gasteiger partial charge < -0.3 is 4.74 Å². The number of ether oxygens (including phenoxy) is 1. The van der Waals surface area contributed by atoms with Gasteiger partial charge in [-0.2, -0.15) is 5.10 Å². The highest BCUT2D eigenvalue weighted by atomic mass is 32.2. The maximum Gasteiger partial charge on any atom is 0.285 e. The highest BCUT2D eigenvalue weighted by Gasteiger charge is 2.18. The first-order chi connectivity index (χ1) is 12.8. The Bertz CT molecular complexity index is 975. The Morgan fingerprint density at radius 1 is 1.00 bits per heavy atom. The summed E-state index contributed by atoms with van der Waals surface area (Å²) in [5.41, 5.74) is 5.10. The molecule has 0 spiro atoms. The summed E-state index contributed by atoms with van der Waals surface area (Å²) in [5.74, 6) is 0.552. The predicted molar refractivity (Wildman–Crippen MR) is 109 cm³/mol. The van der Waals surface area contributed by atoms with Crippen LogP contribution in [-0.2, 0) is 0 Å². The fraction of sp³-hybridized carbons (Fsp3) is 0.273. The maximum atomic E-state index is 12.6. The van der Waals surface area contributed by atoms with Gasteiger partial charge in [0, 0.05) is 4.90 Å². The summed E-state index contributed by atoms with van der Waals surface area (Å²) in [7, 11) is 0. The molecule has 0 N–H and O–H groups in total. The van der Waals surface area contributed by atoms with Gasteiger partial charge in [-0.15, -0.1) is 0 Å². The van der Waals surface area contributed by atoms with Gasteiger partial charge in [-0.1, -0.05) is 47.2 Å². The van der Waals surface area contributed by atoms with Gasteiger partial charge in [-0.3, -0.25) is 4.79 Å². The number of aromatic nitrogens is 2. The molecular weight excluding hydrogens is 356 g/mol. The molecule has 0 saturated carbocycles. The average molecular weight is 381 g/mol. The van der Waals surface area contributed by atoms with Crippen LogP contribution in [0.5, 0.6) is 5.75 Å². The average Bonchev–Trinajstić information content (AvgIpc) is 2.91. The van der Waals surface area contributed by atoms with E-state index >= 15 is 0 Å². The van der Waals surface area contributed by atoms with E-state index in [4.69, 9.17) is 4.74 Å². The Labute approximate surface area is 164 Å². The zero-order chi connectivity index (χ0) is 19.6. The number of nitrogens with zero attached hydrogens (tertiary/aromatic N) is 2. The molecule has 27 heavy (non-hydrogen) atoms. The van der Waals surface area contributed by atoms with E-state index in [1.807, 2.05) is 45.9 Å². The molecule has 1 aromatic heterocycles. The second kappa shape index (κ2) is 8.01. The van der Waals surface area contributed by atoms with E-state index in [0.717, 1.165) is 32.5 Å². The second-order valence-electron chi connectivity index (χ2n) is 6.78. The van der Waals surface area contributed by atoms with Crippen LogP contribution in [0.1, 0.15) is 32.9 Å². The van der Waals surface area contributed by atoms with Crippen molar-refractivity contribution in [1.82, 2.24) is 9.78 Å². The van der Waals surface area contributed by atoms with Gasteiger partial charge in [0.25, 0.3) is 5.91 Å². The van der Waals surface area contributed by atoms with Crippen molar-refractivity contribution in [2.45, 2.75) is 44.4 Å². The largest absolute Gasteiger partial charge is 0.483 e. The van der Waals surface area contributed by atoms with Crippen LogP contribution in [0, 0.1) is 34.6 Å². The minimum atomic E-state index is -0.175. The molecule has 0 radical (unpaired) electrons. The molecule has 0 fully saturated rings. The fourth-order valence-corrected chi connectivity index (χ4v) is 3.84. The molecule has 0 aliphatic rings. The molecule has 4 nitrogen and oxygen atoms in total. The number of rotatable bonds is 5. The molecule has 0 aliphatic heterocycles. The van der Waals surface area contributed by atoms with Gasteiger partial charge in [0.2, 0.25) is 0 Å². The quantitative estimate of drug-likeness (QED) is 0.603. The smallest absolute Gasteiger partial charge is 0.285 e. The van der Waals surface area contributed by atoms with E-state index < -0.39 is 0 Å². The lowest BCUT2D eigenvalue weighted by atomic mass is 10.1. The lowest BCUT2D eigenvalue weighted by Gasteiger charge is -2.10. The lowest BCUT2D eigenvalue weighted by molar-refractivity contribution is 0.0817. The van der Waals surface area contributed by atoms with Crippen LogP contribution < -0.4 is 4.74 Å². The van der Waals surface area contributed by atoms with E-state index in [1.54, 1.807) is 11.8 Å². The molecule has 1 heterocycles. The molecule has 3 aromatic rings. The Morgan fingerprint density at radius 2 is 1.67 bits per heavy atom. The first-order valence-corrected chi connectivity index (χ1v) is 9.71. The topological polar surface area (TPSA) is 44.1 Å². The van der Waals surface area contributed by atoms with Crippen LogP contribution in [0.3, 0.4) is 0 Å². The molecule has 0 saturated heterocycles. The summed E-state index contributed by atoms with van der Waals surface area (Å²) in [4.78, 5) is 14.8. The van der Waals surface area contributed by atoms with E-state index in [1.165, 1.54) is 15.8 Å². The number of benzene rings is 2. The van der Waals surface area contributed by atoms with Crippen molar-refractivity contribution >= 4 is 17.7 Å². The molecular formula is C22H24N2O2S. The van der Waals surface area contributed by atoms with Crippen LogP contribution >= 0.6 is 11.8 Å². The fourth-order valence-electron chi connectivity index (χ4n) is 2.90. The first kappa shape index (κ1) is 19.2. The summed E-state index contributed by atoms with van der Waals surface area (Å²) in [5, 5.41) is 4.44. The third-order valence-corrected chi connectivity index (χ3v) is 5.69. The van der Waals surface area contributed by atoms with Gasteiger partial charge in [-0.25, -0.2) is 4.68 Å². The van der Waals surface area contributed by atoms with Crippen LogP contribution in [-0.4, -0.2) is 22.3 Å². The number of aryl methyl sites for hydroxylation is 4. The molecule has 3 rings (SSSR count). The van der Waals surface area contributed by atoms with Crippen LogP contribution in [0.25, 0.3) is 0 Å². The number of hydrogen-bond acceptors (Lipinski definition) is 4. The molecule has 0 aliphatic carbocycles. The monoisotopic (exact) mass is 380 g/mol. The number of hydrogen-bond donors (Lipinski definition) is 0. The van der Waals surface area contributed by atoms with E-state index in [0.29, 0.717) is 0 Å². The van der Waals surface area contributed by atoms with E-state index in [2.05, 4.69) is 36.3 Å². The minimum absolute atomic E-state index is 0.0412. The highest BCUT2D eigenvalue weighted by molar-refractivity contribution is 7.99. The maximum absolute atomic E-state index is 12.6. The van der Waals surface area contributed by atoms with Gasteiger partial charge in [0.15, 0.2) is 6.61 Å². The molecule has 2 aromatic carbocycles. The van der Waals surface area contributed by atoms with Crippen molar-refractivity contribution < 1.29 is 9.53 Å². The zero-order valence-electron chi connectivity index (χ0n) is 16.4. The van der Waals surface area contributed by atoms with Gasteiger partial charge in [0.1, 0.15) is 5.75 Å². The number of carbonyl (C=O) groups is 1. The Hall–Kier alpha value is -2.53. The Balaban J connectivity index is 1.74. The van der Waals surface area contributed by atoms with Crippen LogP contribution in [0.4, 0.5) is 0 Å². The van der Waals surface area contributed by atoms with Gasteiger partial charge in [-0.05, 0) is 58.4 Å². The van der Waals surface area contributed by atoms with Crippen LogP contribution in [0.2, 0.25) is 0 Å². The highest BCUT2D eigenvalue weighted by Crippen LogP contribution is 2.33. The van der Waals surface area contributed by atoms with Crippen molar-refractivity contribution in [1.29, 1.82) is 0 Å². The van der Waals surface area contributed by atoms with Crippen molar-refractivity contribution in [3.63, 3.8) is 0 Å². The van der Waals surface area contributed by atoms with E-state index in [9.17, 15) is 4.79 Å². The molecule has 0 amide bonds. The van der Waals surface area contributed by atoms with Crippen molar-refractivity contribution in [2.75, 3.05) is 6.61 Å². The Kier molecular flexibility index (Phi) is 5.71. The summed E-state index contributed by atoms with van der Waals surface area (Å²) in [6, 6.07) is 14.3. The number of carbonyl (C=O) groups excluding carboxylic acids is 1. The normalized spacial score (nSPS) is 10.9. The first-order valence-electron chi connectivity index (χ1n) is 8.89. The third kappa shape index (κ3) is 4.42. The van der Waals surface area contributed by atoms with E-state index in [-0.39, 0.29) is 12.5 Å². The standard InChI is InChI=1S/C22H24N2O2S/c1-14-6-9-19(10-7-14)27-22-17(4)23-24(18(22)5)21(25)13-26-20-11-8-15(2)12-16(20)3/h6-12H,13H2,1-5H3. The third-order valence-electron chi connectivity index (χ3n) is 4.38. The Morgan fingerprint density at radius 3 is 2.33 bits per heavy atom. The summed E-state index contributed by atoms with van der Waals surface area (Å²) in [6.07, 6.45) is 0. The summed E-state index contributed by atoms with van der Waals surface area (Å²) in [6.45, 7) is 9.89. The predicted octanol–water partition coefficient (Wildman–Crippen LogP) is 5.30. The summed E-state index contributed by atoms with van der Waals surface area (Å²) >= 11 is 1.63. The van der Waals surface area contributed by atoms with Gasteiger partial charge in [0.05, 0.1) is 16.3 Å². The lowest BCUT2D eigenvalue weighted by Crippen LogP contribution is -2.22. The summed E-state index contributed by atoms with van der Waals surface area (Å²) < 4.78 is 7.18. The van der Waals surface area contributed by atoms with Crippen molar-refractivity contribution in [2.24, 2.45) is 0 Å². The van der Waals surface area contributed by atoms with Crippen molar-refractivity contribution in [3.05, 3.63) is 70.5 Å². The zero-order valence-corrected chi connectivity index (χ0v) is 17.2. The van der Waals surface area contributed by atoms with Crippen LogP contribution in [0.15, 0.2) is 52.3 Å². The molecule has 0 unspecified atom stereocenters.